The fourth-order valence-electron chi connectivity index (χ4n) is 1.69. The van der Waals surface area contributed by atoms with Crippen molar-refractivity contribution in [3.8, 4) is 0 Å². The zero-order chi connectivity index (χ0) is 17.2. The molecule has 4 amide bonds. The first-order valence-corrected chi connectivity index (χ1v) is 7.76. The molecule has 7 nitrogen and oxygen atoms in total. The number of carbonyl (C=O) groups is 3. The largest absolute Gasteiger partial charge is 0.444 e. The third-order valence-corrected chi connectivity index (χ3v) is 2.56. The second-order valence-corrected chi connectivity index (χ2v) is 5.91. The lowest BCUT2D eigenvalue weighted by atomic mass is 10.2. The molecule has 0 spiro atoms. The molecule has 0 aliphatic carbocycles. The van der Waals surface area contributed by atoms with Crippen molar-refractivity contribution in [3.63, 3.8) is 0 Å². The number of alkyl carbamates (subject to hydrolysis) is 1. The molecule has 0 aromatic carbocycles. The van der Waals surface area contributed by atoms with Gasteiger partial charge in [-0.2, -0.15) is 0 Å². The van der Waals surface area contributed by atoms with E-state index in [-0.39, 0.29) is 18.4 Å². The Bertz CT molecular complexity index is 377. The number of urea groups is 1. The average molecular weight is 315 g/mol. The third kappa shape index (κ3) is 9.20. The number of carbonyl (C=O) groups excluding carboxylic acids is 3. The van der Waals surface area contributed by atoms with Gasteiger partial charge in [-0.25, -0.2) is 9.59 Å². The van der Waals surface area contributed by atoms with Gasteiger partial charge in [0.1, 0.15) is 5.60 Å². The number of imide groups is 1. The van der Waals surface area contributed by atoms with E-state index in [0.29, 0.717) is 32.5 Å². The van der Waals surface area contributed by atoms with Crippen molar-refractivity contribution in [3.05, 3.63) is 0 Å². The van der Waals surface area contributed by atoms with E-state index in [0.717, 1.165) is 0 Å². The van der Waals surface area contributed by atoms with E-state index < -0.39 is 11.7 Å². The second kappa shape index (κ2) is 10.0. The minimum absolute atomic E-state index is 0.201. The smallest absolute Gasteiger partial charge is 0.407 e. The van der Waals surface area contributed by atoms with Crippen LogP contribution in [0.4, 0.5) is 9.59 Å². The molecule has 0 radical (unpaired) electrons. The van der Waals surface area contributed by atoms with E-state index in [1.807, 2.05) is 6.92 Å². The molecule has 0 fully saturated rings. The van der Waals surface area contributed by atoms with Crippen LogP contribution in [0.15, 0.2) is 0 Å². The number of ether oxygens (including phenoxy) is 1. The highest BCUT2D eigenvalue weighted by Gasteiger charge is 2.20. The van der Waals surface area contributed by atoms with E-state index in [1.165, 1.54) is 4.90 Å². The van der Waals surface area contributed by atoms with Crippen LogP contribution in [0.2, 0.25) is 0 Å². The van der Waals surface area contributed by atoms with Gasteiger partial charge >= 0.3 is 12.1 Å². The van der Waals surface area contributed by atoms with Crippen LogP contribution in [0.1, 0.15) is 53.9 Å². The molecule has 0 saturated heterocycles. The van der Waals surface area contributed by atoms with E-state index in [1.54, 1.807) is 27.7 Å². The van der Waals surface area contributed by atoms with Gasteiger partial charge in [0, 0.05) is 26.1 Å². The zero-order valence-corrected chi connectivity index (χ0v) is 14.3. The molecule has 0 aromatic rings. The molecule has 0 unspecified atom stereocenters. The average Bonchev–Trinajstić information content (AvgIpc) is 2.38. The normalized spacial score (nSPS) is 10.8. The van der Waals surface area contributed by atoms with E-state index in [2.05, 4.69) is 10.6 Å². The van der Waals surface area contributed by atoms with Crippen molar-refractivity contribution in [2.24, 2.45) is 0 Å². The lowest BCUT2D eigenvalue weighted by Crippen LogP contribution is -2.44. The first-order valence-electron chi connectivity index (χ1n) is 7.76. The monoisotopic (exact) mass is 315 g/mol. The summed E-state index contributed by atoms with van der Waals surface area (Å²) >= 11 is 0. The Morgan fingerprint density at radius 2 is 1.73 bits per heavy atom. The van der Waals surface area contributed by atoms with Crippen LogP contribution in [0.5, 0.6) is 0 Å². The van der Waals surface area contributed by atoms with E-state index in [9.17, 15) is 14.4 Å². The molecule has 128 valence electrons. The summed E-state index contributed by atoms with van der Waals surface area (Å²) in [5, 5.41) is 5.21. The molecule has 0 saturated carbocycles. The lowest BCUT2D eigenvalue weighted by Gasteiger charge is -2.21. The summed E-state index contributed by atoms with van der Waals surface area (Å²) in [7, 11) is 0. The molecule has 0 heterocycles. The summed E-state index contributed by atoms with van der Waals surface area (Å²) < 4.78 is 5.09. The van der Waals surface area contributed by atoms with Gasteiger partial charge in [-0.1, -0.05) is 6.92 Å². The zero-order valence-electron chi connectivity index (χ0n) is 14.3. The highest BCUT2D eigenvalue weighted by atomic mass is 16.6. The van der Waals surface area contributed by atoms with Crippen LogP contribution in [0.3, 0.4) is 0 Å². The van der Waals surface area contributed by atoms with Gasteiger partial charge in [0.05, 0.1) is 0 Å². The van der Waals surface area contributed by atoms with Crippen LogP contribution in [0, 0.1) is 0 Å². The third-order valence-electron chi connectivity index (χ3n) is 2.56. The maximum absolute atomic E-state index is 12.0. The molecule has 0 atom stereocenters. The highest BCUT2D eigenvalue weighted by molar-refractivity contribution is 5.94. The van der Waals surface area contributed by atoms with Crippen molar-refractivity contribution >= 4 is 18.0 Å². The van der Waals surface area contributed by atoms with Crippen molar-refractivity contribution in [1.82, 2.24) is 15.5 Å². The molecule has 7 heteroatoms. The van der Waals surface area contributed by atoms with Crippen molar-refractivity contribution in [1.29, 1.82) is 0 Å². The highest BCUT2D eigenvalue weighted by Crippen LogP contribution is 2.06. The van der Waals surface area contributed by atoms with Crippen LogP contribution >= 0.6 is 0 Å². The predicted octanol–water partition coefficient (Wildman–Crippen LogP) is 2.26. The molecule has 0 aliphatic heterocycles. The molecule has 0 aromatic heterocycles. The maximum Gasteiger partial charge on any atom is 0.407 e. The van der Waals surface area contributed by atoms with Crippen LogP contribution in [-0.4, -0.2) is 48.2 Å². The van der Waals surface area contributed by atoms with Crippen molar-refractivity contribution < 1.29 is 19.1 Å². The van der Waals surface area contributed by atoms with Crippen LogP contribution in [0.25, 0.3) is 0 Å². The predicted molar refractivity (Wildman–Crippen MR) is 84.5 cm³/mol. The summed E-state index contributed by atoms with van der Waals surface area (Å²) in [6.45, 7) is 10.3. The molecule has 0 aliphatic rings. The fourth-order valence-corrected chi connectivity index (χ4v) is 1.69. The van der Waals surface area contributed by atoms with Gasteiger partial charge in [0.15, 0.2) is 0 Å². The maximum atomic E-state index is 12.0. The molecule has 22 heavy (non-hydrogen) atoms. The number of rotatable bonds is 7. The summed E-state index contributed by atoms with van der Waals surface area (Å²) in [6.07, 6.45) is 0.859. The molecule has 0 rings (SSSR count). The first kappa shape index (κ1) is 20.2. The Labute approximate surface area is 132 Å². The minimum Gasteiger partial charge on any atom is -0.444 e. The van der Waals surface area contributed by atoms with Crippen molar-refractivity contribution in [2.75, 3.05) is 19.6 Å². The Balaban J connectivity index is 4.14. The van der Waals surface area contributed by atoms with Gasteiger partial charge < -0.3 is 15.4 Å². The second-order valence-electron chi connectivity index (χ2n) is 5.91. The van der Waals surface area contributed by atoms with Crippen molar-refractivity contribution in [2.45, 2.75) is 59.5 Å². The quantitative estimate of drug-likeness (QED) is 0.705. The summed E-state index contributed by atoms with van der Waals surface area (Å²) in [4.78, 5) is 36.5. The topological polar surface area (TPSA) is 87.7 Å². The van der Waals surface area contributed by atoms with E-state index in [4.69, 9.17) is 4.74 Å². The number of nitrogens with one attached hydrogen (secondary N) is 2. The summed E-state index contributed by atoms with van der Waals surface area (Å²) in [6, 6.07) is -0.366. The Hall–Kier alpha value is -1.79. The standard InChI is InChI=1S/C15H29N3O4/c1-6-11-18(13(20)16-7-2)12(19)9-8-10-17-14(21)22-15(3,4)5/h6-11H2,1-5H3,(H,16,20)(H,17,21). The van der Waals surface area contributed by atoms with Gasteiger partial charge in [0.2, 0.25) is 5.91 Å². The van der Waals surface area contributed by atoms with Crippen LogP contribution in [-0.2, 0) is 9.53 Å². The SMILES string of the molecule is CCCN(C(=O)CCCNC(=O)OC(C)(C)C)C(=O)NCC. The molecule has 2 N–H and O–H groups in total. The number of hydrogen-bond acceptors (Lipinski definition) is 4. The van der Waals surface area contributed by atoms with Gasteiger partial charge in [-0.15, -0.1) is 0 Å². The minimum atomic E-state index is -0.546. The van der Waals surface area contributed by atoms with Crippen LogP contribution < -0.4 is 10.6 Å². The van der Waals surface area contributed by atoms with Gasteiger partial charge in [-0.3, -0.25) is 9.69 Å². The molecule has 0 bridgehead atoms. The summed E-state index contributed by atoms with van der Waals surface area (Å²) in [5.74, 6) is -0.237. The Kier molecular flexibility index (Phi) is 9.21. The number of amides is 4. The summed E-state index contributed by atoms with van der Waals surface area (Å²) in [5.41, 5.74) is -0.546. The number of nitrogens with zero attached hydrogens (tertiary/aromatic N) is 1. The van der Waals surface area contributed by atoms with Gasteiger partial charge in [0.25, 0.3) is 0 Å². The first-order chi connectivity index (χ1) is 10.2. The number of hydrogen-bond donors (Lipinski definition) is 2. The fraction of sp³-hybridized carbons (Fsp3) is 0.800. The molecular weight excluding hydrogens is 286 g/mol. The Morgan fingerprint density at radius 1 is 1.09 bits per heavy atom. The lowest BCUT2D eigenvalue weighted by molar-refractivity contribution is -0.128. The van der Waals surface area contributed by atoms with Gasteiger partial charge in [-0.05, 0) is 40.5 Å². The Morgan fingerprint density at radius 3 is 2.23 bits per heavy atom. The molecular formula is C15H29N3O4. The van der Waals surface area contributed by atoms with E-state index >= 15 is 0 Å².